The van der Waals surface area contributed by atoms with Crippen LogP contribution in [0.5, 0.6) is 11.5 Å². The molecule has 0 amide bonds. The van der Waals surface area contributed by atoms with Gasteiger partial charge in [-0.3, -0.25) is 0 Å². The molecule has 0 saturated carbocycles. The van der Waals surface area contributed by atoms with E-state index >= 15 is 0 Å². The Kier molecular flexibility index (Phi) is 5.44. The maximum absolute atomic E-state index is 6.57. The van der Waals surface area contributed by atoms with Gasteiger partial charge in [0, 0.05) is 38.5 Å². The third-order valence-electron chi connectivity index (χ3n) is 12.6. The molecule has 1 N–H and O–H groups in total. The normalized spacial score (nSPS) is 15.9. The van der Waals surface area contributed by atoms with Crippen LogP contribution in [0.2, 0.25) is 0 Å². The van der Waals surface area contributed by atoms with Gasteiger partial charge in [-0.15, -0.1) is 0 Å². The predicted molar refractivity (Wildman–Crippen MR) is 220 cm³/mol. The largest absolute Gasteiger partial charge is 0.453 e. The number of nitrogens with one attached hydrogen (secondary N) is 1. The maximum atomic E-state index is 6.57. The number of fused-ring (bicyclic) bond motifs is 5. The van der Waals surface area contributed by atoms with Crippen molar-refractivity contribution in [3.8, 4) is 28.3 Å². The lowest BCUT2D eigenvalue weighted by Crippen LogP contribution is -2.41. The number of rotatable bonds is 2. The Labute approximate surface area is 309 Å². The van der Waals surface area contributed by atoms with Crippen LogP contribution in [-0.2, 0) is 10.8 Å². The van der Waals surface area contributed by atoms with Crippen LogP contribution in [0.15, 0.2) is 133 Å². The molecule has 5 heterocycles. The highest BCUT2D eigenvalue weighted by Gasteiger charge is 2.41. The molecule has 53 heavy (non-hydrogen) atoms. The van der Waals surface area contributed by atoms with E-state index in [-0.39, 0.29) is 10.8 Å². The van der Waals surface area contributed by atoms with Crippen LogP contribution in [0.25, 0.3) is 38.6 Å². The molecule has 1 aromatic heterocycles. The molecular weight excluding hydrogens is 645 g/mol. The second-order valence-corrected chi connectivity index (χ2v) is 16.0. The van der Waals surface area contributed by atoms with E-state index in [0.29, 0.717) is 0 Å². The van der Waals surface area contributed by atoms with Crippen LogP contribution in [-0.4, -0.2) is 11.8 Å². The minimum Gasteiger partial charge on any atom is -0.453 e. The summed E-state index contributed by atoms with van der Waals surface area (Å²) in [7, 11) is 2.46. The smallest absolute Gasteiger partial charge is 0.197 e. The fourth-order valence-electron chi connectivity index (χ4n) is 10.1. The Hall–Kier alpha value is -6.20. The molecule has 0 aliphatic carbocycles. The average Bonchev–Trinajstić information content (AvgIpc) is 3.53. The average molecular weight is 681 g/mol. The third-order valence-corrected chi connectivity index (χ3v) is 12.6. The van der Waals surface area contributed by atoms with Crippen molar-refractivity contribution in [2.24, 2.45) is 0 Å². The molecule has 0 spiro atoms. The number of hydrogen-bond acceptors (Lipinski definition) is 3. The Morgan fingerprint density at radius 1 is 0.566 bits per heavy atom. The van der Waals surface area contributed by atoms with Crippen molar-refractivity contribution in [3.63, 3.8) is 0 Å². The molecule has 1 radical (unpaired) electrons. The molecule has 0 atom stereocenters. The summed E-state index contributed by atoms with van der Waals surface area (Å²) in [5.74, 6) is 1.70. The summed E-state index contributed by atoms with van der Waals surface area (Å²) in [6, 6.07) is 48.8. The van der Waals surface area contributed by atoms with E-state index in [9.17, 15) is 0 Å². The van der Waals surface area contributed by atoms with Gasteiger partial charge in [0.15, 0.2) is 18.8 Å². The molecule has 4 aliphatic rings. The van der Waals surface area contributed by atoms with E-state index < -0.39 is 0 Å². The first-order valence-electron chi connectivity index (χ1n) is 18.6. The van der Waals surface area contributed by atoms with Crippen LogP contribution in [0.1, 0.15) is 49.9 Å². The highest BCUT2D eigenvalue weighted by atomic mass is 16.5. The number of anilines is 5. The minimum absolute atomic E-state index is 0.164. The van der Waals surface area contributed by atoms with Gasteiger partial charge in [-0.05, 0) is 69.7 Å². The van der Waals surface area contributed by atoms with E-state index in [1.165, 1.54) is 77.5 Å². The topological polar surface area (TPSA) is 29.4 Å². The Morgan fingerprint density at radius 3 is 2.02 bits per heavy atom. The van der Waals surface area contributed by atoms with Gasteiger partial charge in [-0.25, -0.2) is 0 Å². The number of benzene rings is 7. The molecule has 12 rings (SSSR count). The molecule has 0 fully saturated rings. The van der Waals surface area contributed by atoms with Crippen LogP contribution in [0.4, 0.5) is 28.4 Å². The number of nitrogens with zero attached hydrogens (tertiary/aromatic N) is 2. The summed E-state index contributed by atoms with van der Waals surface area (Å²) in [4.78, 5) is 2.44. The molecule has 0 unspecified atom stereocenters. The van der Waals surface area contributed by atoms with Crippen molar-refractivity contribution in [3.05, 3.63) is 156 Å². The summed E-state index contributed by atoms with van der Waals surface area (Å²) in [5, 5.41) is 6.47. The van der Waals surface area contributed by atoms with Crippen molar-refractivity contribution in [2.75, 3.05) is 10.2 Å². The van der Waals surface area contributed by atoms with E-state index in [4.69, 9.17) is 4.74 Å². The van der Waals surface area contributed by atoms with Gasteiger partial charge in [0.25, 0.3) is 0 Å². The quantitative estimate of drug-likeness (QED) is 0.184. The molecule has 4 nitrogen and oxygen atoms in total. The second-order valence-electron chi connectivity index (χ2n) is 16.0. The van der Waals surface area contributed by atoms with Gasteiger partial charge in [-0.1, -0.05) is 130 Å². The first kappa shape index (κ1) is 29.4. The predicted octanol–water partition coefficient (Wildman–Crippen LogP) is 11.0. The van der Waals surface area contributed by atoms with E-state index in [0.717, 1.165) is 34.2 Å². The lowest BCUT2D eigenvalue weighted by molar-refractivity contribution is 0.477. The SMILES string of the molecule is CC1(C)c2ccccc2Nc2c(-c3cc(N4c5ccccc5Oc5ccccc54)c4c5cccc6c5n5c4c3[B]c3cccc(c3-5)C6(C)C)cccc21. The lowest BCUT2D eigenvalue weighted by atomic mass is 9.57. The van der Waals surface area contributed by atoms with Gasteiger partial charge in [0.2, 0.25) is 0 Å². The van der Waals surface area contributed by atoms with Crippen molar-refractivity contribution >= 4 is 68.4 Å². The summed E-state index contributed by atoms with van der Waals surface area (Å²) in [6.45, 7) is 9.48. The lowest BCUT2D eigenvalue weighted by Gasteiger charge is -2.39. The van der Waals surface area contributed by atoms with Gasteiger partial charge < -0.3 is 19.5 Å². The number of para-hydroxylation sites is 8. The number of aromatic nitrogens is 1. The van der Waals surface area contributed by atoms with E-state index in [1.807, 2.05) is 0 Å². The minimum atomic E-state index is -0.180. The molecule has 0 saturated heterocycles. The zero-order chi connectivity index (χ0) is 35.4. The molecule has 0 bridgehead atoms. The summed E-state index contributed by atoms with van der Waals surface area (Å²) in [6.07, 6.45) is 0. The molecule has 251 valence electrons. The van der Waals surface area contributed by atoms with Crippen molar-refractivity contribution in [1.29, 1.82) is 0 Å². The summed E-state index contributed by atoms with van der Waals surface area (Å²) < 4.78 is 9.18. The highest BCUT2D eigenvalue weighted by molar-refractivity contribution is 6.74. The second kappa shape index (κ2) is 9.81. The van der Waals surface area contributed by atoms with Gasteiger partial charge in [-0.2, -0.15) is 0 Å². The zero-order valence-corrected chi connectivity index (χ0v) is 30.1. The van der Waals surface area contributed by atoms with Crippen molar-refractivity contribution in [2.45, 2.75) is 38.5 Å². The Bertz CT molecular complexity index is 2910. The highest BCUT2D eigenvalue weighted by Crippen LogP contribution is 2.56. The molecule has 8 aromatic rings. The molecule has 5 heteroatoms. The van der Waals surface area contributed by atoms with E-state index in [1.54, 1.807) is 0 Å². The van der Waals surface area contributed by atoms with E-state index in [2.05, 4.69) is 183 Å². The monoisotopic (exact) mass is 680 g/mol. The Morgan fingerprint density at radius 2 is 1.21 bits per heavy atom. The van der Waals surface area contributed by atoms with Crippen molar-refractivity contribution < 1.29 is 4.74 Å². The fourth-order valence-corrected chi connectivity index (χ4v) is 10.1. The van der Waals surface area contributed by atoms with Gasteiger partial charge in [0.05, 0.1) is 33.8 Å². The molecular formula is C48H35BN3O. The first-order valence-corrected chi connectivity index (χ1v) is 18.6. The van der Waals surface area contributed by atoms with Crippen molar-refractivity contribution in [1.82, 2.24) is 4.57 Å². The Balaban J connectivity index is 1.27. The summed E-state index contributed by atoms with van der Waals surface area (Å²) >= 11 is 0. The molecule has 7 aromatic carbocycles. The number of ether oxygens (including phenoxy) is 1. The third kappa shape index (κ3) is 3.57. The van der Waals surface area contributed by atoms with Crippen LogP contribution in [0, 0.1) is 0 Å². The van der Waals surface area contributed by atoms with Crippen LogP contribution in [0.3, 0.4) is 0 Å². The maximum Gasteiger partial charge on any atom is 0.197 e. The van der Waals surface area contributed by atoms with Crippen LogP contribution < -0.4 is 25.9 Å². The first-order chi connectivity index (χ1) is 25.8. The van der Waals surface area contributed by atoms with Crippen LogP contribution >= 0.6 is 0 Å². The summed E-state index contributed by atoms with van der Waals surface area (Å²) in [5.41, 5.74) is 19.3. The number of hydrogen-bond donors (Lipinski definition) is 1. The van der Waals surface area contributed by atoms with Gasteiger partial charge in [0.1, 0.15) is 0 Å². The molecule has 4 aliphatic heterocycles. The zero-order valence-electron chi connectivity index (χ0n) is 30.1. The standard InChI is InChI=1S/C48H35BN3O/c1-47(2)30-16-5-6-21-35(30)50-43-27(14-11-17-31(43)47)29-26-38(51-36-22-7-9-24-39(36)53-40-25-10-8-23-37(40)51)41-28-15-12-18-32-44(28)52-45-33(48(32,3)4)19-13-20-34(45)49-42(29)46(41)52/h5-26,50H,1-4H3. The van der Waals surface area contributed by atoms with Gasteiger partial charge >= 0.3 is 0 Å². The fraction of sp³-hybridized carbons (Fsp3) is 0.125.